The zero-order chi connectivity index (χ0) is 24.8. The molecule has 0 fully saturated rings. The summed E-state index contributed by atoms with van der Waals surface area (Å²) in [4.78, 5) is 35.4. The van der Waals surface area contributed by atoms with Crippen molar-refractivity contribution in [1.29, 1.82) is 0 Å². The van der Waals surface area contributed by atoms with E-state index >= 15 is 0 Å². The van der Waals surface area contributed by atoms with Crippen molar-refractivity contribution in [2.45, 2.75) is 36.7 Å². The molecular weight excluding hydrogens is 463 g/mol. The van der Waals surface area contributed by atoms with Gasteiger partial charge in [0, 0.05) is 24.9 Å². The molecule has 2 aromatic carbocycles. The highest BCUT2D eigenvalue weighted by Gasteiger charge is 2.24. The summed E-state index contributed by atoms with van der Waals surface area (Å²) in [5, 5.41) is 24.5. The number of anilines is 1. The molecule has 0 saturated carbocycles. The molecule has 0 aliphatic heterocycles. The van der Waals surface area contributed by atoms with Crippen LogP contribution in [0.3, 0.4) is 0 Å². The zero-order valence-electron chi connectivity index (χ0n) is 18.7. The number of halogens is 1. The van der Waals surface area contributed by atoms with Gasteiger partial charge in [-0.15, -0.1) is 10.2 Å². The minimum atomic E-state index is -0.619. The molecule has 2 atom stereocenters. The molecule has 3 aromatic rings. The Hall–Kier alpha value is -3.80. The van der Waals surface area contributed by atoms with Gasteiger partial charge in [0.2, 0.25) is 5.91 Å². The first-order valence-electron chi connectivity index (χ1n) is 10.4. The van der Waals surface area contributed by atoms with E-state index in [-0.39, 0.29) is 17.2 Å². The van der Waals surface area contributed by atoms with Gasteiger partial charge in [-0.1, -0.05) is 30.8 Å². The molecule has 0 aliphatic carbocycles. The number of hydrogen-bond donors (Lipinski definition) is 2. The highest BCUT2D eigenvalue weighted by Crippen LogP contribution is 2.27. The van der Waals surface area contributed by atoms with Crippen molar-refractivity contribution >= 4 is 35.0 Å². The lowest BCUT2D eigenvalue weighted by Gasteiger charge is -2.16. The summed E-state index contributed by atoms with van der Waals surface area (Å²) in [6, 6.07) is 10.7. The fourth-order valence-corrected chi connectivity index (χ4v) is 4.06. The number of nitrogens with zero attached hydrogens (tertiary/aromatic N) is 4. The van der Waals surface area contributed by atoms with Crippen molar-refractivity contribution in [2.75, 3.05) is 5.32 Å². The maximum atomic E-state index is 13.9. The van der Waals surface area contributed by atoms with E-state index in [0.717, 1.165) is 0 Å². The predicted molar refractivity (Wildman–Crippen MR) is 125 cm³/mol. The lowest BCUT2D eigenvalue weighted by atomic mass is 10.2. The standard InChI is InChI=1S/C22H23FN6O4S/c1-4-18(21(31)25-14-9-11-15(12-10-14)29(32)33)34-22-27-26-19(28(22)3)13(2)24-20(30)16-7-5-6-8-17(16)23/h5-13,18H,4H2,1-3H3,(H,24,30)(H,25,31). The number of amides is 2. The number of rotatable bonds is 9. The van der Waals surface area contributed by atoms with Crippen LogP contribution in [0.4, 0.5) is 15.8 Å². The van der Waals surface area contributed by atoms with Gasteiger partial charge in [-0.05, 0) is 37.6 Å². The average molecular weight is 487 g/mol. The van der Waals surface area contributed by atoms with Crippen LogP contribution in [0.1, 0.15) is 42.5 Å². The number of carbonyl (C=O) groups excluding carboxylic acids is 2. The van der Waals surface area contributed by atoms with Crippen molar-refractivity contribution in [1.82, 2.24) is 20.1 Å². The van der Waals surface area contributed by atoms with E-state index in [1.54, 1.807) is 24.6 Å². The summed E-state index contributed by atoms with van der Waals surface area (Å²) < 4.78 is 15.5. The van der Waals surface area contributed by atoms with Crippen LogP contribution in [-0.4, -0.2) is 36.8 Å². The van der Waals surface area contributed by atoms with Crippen LogP contribution in [0.2, 0.25) is 0 Å². The molecule has 0 aliphatic rings. The molecule has 178 valence electrons. The third-order valence-corrected chi connectivity index (χ3v) is 6.38. The summed E-state index contributed by atoms with van der Waals surface area (Å²) in [6.07, 6.45) is 0.491. The normalized spacial score (nSPS) is 12.6. The van der Waals surface area contributed by atoms with Crippen LogP contribution in [-0.2, 0) is 11.8 Å². The molecule has 10 nitrogen and oxygen atoms in total. The molecule has 0 saturated heterocycles. The SMILES string of the molecule is CCC(Sc1nnc(C(C)NC(=O)c2ccccc2F)n1C)C(=O)Nc1ccc([N+](=O)[O-])cc1. The van der Waals surface area contributed by atoms with E-state index < -0.39 is 27.9 Å². The van der Waals surface area contributed by atoms with E-state index in [1.165, 1.54) is 54.2 Å². The quantitative estimate of drug-likeness (QED) is 0.267. The molecule has 12 heteroatoms. The topological polar surface area (TPSA) is 132 Å². The van der Waals surface area contributed by atoms with Crippen molar-refractivity contribution in [3.8, 4) is 0 Å². The molecule has 2 unspecified atom stereocenters. The zero-order valence-corrected chi connectivity index (χ0v) is 19.5. The Morgan fingerprint density at radius 2 is 1.85 bits per heavy atom. The van der Waals surface area contributed by atoms with E-state index in [2.05, 4.69) is 20.8 Å². The van der Waals surface area contributed by atoms with Gasteiger partial charge in [0.25, 0.3) is 11.6 Å². The van der Waals surface area contributed by atoms with Gasteiger partial charge in [-0.3, -0.25) is 19.7 Å². The Labute approximate surface area is 199 Å². The van der Waals surface area contributed by atoms with Crippen LogP contribution in [0.5, 0.6) is 0 Å². The fraction of sp³-hybridized carbons (Fsp3) is 0.273. The largest absolute Gasteiger partial charge is 0.342 e. The lowest BCUT2D eigenvalue weighted by molar-refractivity contribution is -0.384. The maximum absolute atomic E-state index is 13.9. The minimum absolute atomic E-state index is 0.0674. The number of carbonyl (C=O) groups is 2. The lowest BCUT2D eigenvalue weighted by Crippen LogP contribution is -2.29. The van der Waals surface area contributed by atoms with Crippen LogP contribution >= 0.6 is 11.8 Å². The summed E-state index contributed by atoms with van der Waals surface area (Å²) in [5.74, 6) is -1.03. The predicted octanol–water partition coefficient (Wildman–Crippen LogP) is 3.86. The van der Waals surface area contributed by atoms with Crippen molar-refractivity contribution in [3.05, 3.63) is 75.9 Å². The highest BCUT2D eigenvalue weighted by molar-refractivity contribution is 8.00. The number of nitro groups is 1. The molecule has 1 aromatic heterocycles. The molecule has 34 heavy (non-hydrogen) atoms. The number of thioether (sulfide) groups is 1. The van der Waals surface area contributed by atoms with E-state index in [1.807, 2.05) is 6.92 Å². The number of non-ortho nitro benzene ring substituents is 1. The number of benzene rings is 2. The van der Waals surface area contributed by atoms with Crippen molar-refractivity contribution < 1.29 is 18.9 Å². The molecule has 3 rings (SSSR count). The monoisotopic (exact) mass is 486 g/mol. The first-order valence-corrected chi connectivity index (χ1v) is 11.3. The van der Waals surface area contributed by atoms with Gasteiger partial charge < -0.3 is 15.2 Å². The Morgan fingerprint density at radius 3 is 2.47 bits per heavy atom. The third-order valence-electron chi connectivity index (χ3n) is 4.98. The van der Waals surface area contributed by atoms with E-state index in [9.17, 15) is 24.1 Å². The Morgan fingerprint density at radius 1 is 1.18 bits per heavy atom. The second kappa shape index (κ2) is 10.9. The Balaban J connectivity index is 1.66. The van der Waals surface area contributed by atoms with Gasteiger partial charge in [0.1, 0.15) is 5.82 Å². The van der Waals surface area contributed by atoms with Crippen LogP contribution in [0.15, 0.2) is 53.7 Å². The molecule has 0 bridgehead atoms. The number of hydrogen-bond acceptors (Lipinski definition) is 7. The van der Waals surface area contributed by atoms with Gasteiger partial charge in [-0.2, -0.15) is 0 Å². The molecule has 2 amide bonds. The maximum Gasteiger partial charge on any atom is 0.269 e. The third kappa shape index (κ3) is 5.76. The minimum Gasteiger partial charge on any atom is -0.342 e. The molecule has 1 heterocycles. The number of aromatic nitrogens is 3. The molecule has 0 spiro atoms. The summed E-state index contributed by atoms with van der Waals surface area (Å²) in [6.45, 7) is 3.55. The summed E-state index contributed by atoms with van der Waals surface area (Å²) >= 11 is 1.20. The van der Waals surface area contributed by atoms with Crippen LogP contribution in [0.25, 0.3) is 0 Å². The van der Waals surface area contributed by atoms with Gasteiger partial charge in [-0.25, -0.2) is 4.39 Å². The highest BCUT2D eigenvalue weighted by atomic mass is 32.2. The Kier molecular flexibility index (Phi) is 7.95. The van der Waals surface area contributed by atoms with Crippen LogP contribution < -0.4 is 10.6 Å². The molecular formula is C22H23FN6O4S. The Bertz CT molecular complexity index is 1200. The van der Waals surface area contributed by atoms with Gasteiger partial charge in [0.15, 0.2) is 11.0 Å². The average Bonchev–Trinajstić information content (AvgIpc) is 3.17. The summed E-state index contributed by atoms with van der Waals surface area (Å²) in [7, 11) is 1.71. The van der Waals surface area contributed by atoms with E-state index in [4.69, 9.17) is 0 Å². The first-order chi connectivity index (χ1) is 16.2. The smallest absolute Gasteiger partial charge is 0.269 e. The van der Waals surface area contributed by atoms with Crippen molar-refractivity contribution in [2.24, 2.45) is 7.05 Å². The second-order valence-electron chi connectivity index (χ2n) is 7.38. The molecule has 0 radical (unpaired) electrons. The summed E-state index contributed by atoms with van der Waals surface area (Å²) in [5.41, 5.74) is 0.306. The fourth-order valence-electron chi connectivity index (χ4n) is 3.13. The van der Waals surface area contributed by atoms with Gasteiger partial charge in [0.05, 0.1) is 21.8 Å². The van der Waals surface area contributed by atoms with Crippen LogP contribution in [0, 0.1) is 15.9 Å². The van der Waals surface area contributed by atoms with Crippen molar-refractivity contribution in [3.63, 3.8) is 0 Å². The second-order valence-corrected chi connectivity index (χ2v) is 8.55. The number of nitro benzene ring substituents is 1. The number of nitrogens with one attached hydrogen (secondary N) is 2. The first kappa shape index (κ1) is 24.8. The molecule has 2 N–H and O–H groups in total. The van der Waals surface area contributed by atoms with E-state index in [0.29, 0.717) is 23.1 Å². The van der Waals surface area contributed by atoms with Gasteiger partial charge >= 0.3 is 0 Å².